The highest BCUT2D eigenvalue weighted by Gasteiger charge is 2.13. The third-order valence-electron chi connectivity index (χ3n) is 2.55. The van der Waals surface area contributed by atoms with Crippen LogP contribution in [0.1, 0.15) is 37.0 Å². The number of nitrogens with one attached hydrogen (secondary N) is 1. The molecule has 1 N–H and O–H groups in total. The van der Waals surface area contributed by atoms with Crippen molar-refractivity contribution in [2.75, 3.05) is 19.5 Å². The van der Waals surface area contributed by atoms with Gasteiger partial charge in [0.25, 0.3) is 0 Å². The van der Waals surface area contributed by atoms with E-state index >= 15 is 0 Å². The Morgan fingerprint density at radius 3 is 2.53 bits per heavy atom. The second-order valence-corrected chi connectivity index (χ2v) is 3.48. The Balaban J connectivity index is 3.20. The van der Waals surface area contributed by atoms with Gasteiger partial charge in [0, 0.05) is 25.4 Å². The van der Waals surface area contributed by atoms with Gasteiger partial charge in [0.05, 0.1) is 0 Å². The van der Waals surface area contributed by atoms with Gasteiger partial charge in [-0.25, -0.2) is 9.97 Å². The van der Waals surface area contributed by atoms with Crippen molar-refractivity contribution in [3.8, 4) is 0 Å². The number of hydrogen-bond donors (Lipinski definition) is 1. The van der Waals surface area contributed by atoms with Crippen LogP contribution in [0.15, 0.2) is 0 Å². The fourth-order valence-corrected chi connectivity index (χ4v) is 1.46. The van der Waals surface area contributed by atoms with Gasteiger partial charge >= 0.3 is 0 Å². The molecule has 1 rings (SSSR count). The first-order chi connectivity index (χ1) is 7.13. The van der Waals surface area contributed by atoms with Crippen molar-refractivity contribution in [3.05, 3.63) is 17.1 Å². The smallest absolute Gasteiger partial charge is 0.159 e. The van der Waals surface area contributed by atoms with E-state index in [-0.39, 0.29) is 6.10 Å². The van der Waals surface area contributed by atoms with Gasteiger partial charge in [0.15, 0.2) is 5.82 Å². The molecule has 0 bridgehead atoms. The maximum atomic E-state index is 5.22. The van der Waals surface area contributed by atoms with Crippen LogP contribution >= 0.6 is 0 Å². The van der Waals surface area contributed by atoms with Crippen LogP contribution in [0.3, 0.4) is 0 Å². The Morgan fingerprint density at radius 1 is 1.40 bits per heavy atom. The van der Waals surface area contributed by atoms with E-state index in [2.05, 4.69) is 22.2 Å². The number of methoxy groups -OCH3 is 1. The van der Waals surface area contributed by atoms with E-state index in [1.165, 1.54) is 0 Å². The zero-order valence-corrected chi connectivity index (χ0v) is 10.1. The van der Waals surface area contributed by atoms with Crippen molar-refractivity contribution in [1.29, 1.82) is 0 Å². The molecule has 0 saturated heterocycles. The Bertz CT molecular complexity index is 314. The molecule has 0 aliphatic heterocycles. The molecule has 0 aliphatic rings. The molecule has 15 heavy (non-hydrogen) atoms. The average Bonchev–Trinajstić information content (AvgIpc) is 2.28. The molecule has 1 aromatic rings. The molecule has 0 aromatic carbocycles. The van der Waals surface area contributed by atoms with Crippen LogP contribution in [-0.4, -0.2) is 24.1 Å². The molecule has 1 atom stereocenters. The molecule has 4 heteroatoms. The Hall–Kier alpha value is -1.16. The van der Waals surface area contributed by atoms with E-state index in [1.807, 2.05) is 20.9 Å². The Kier molecular flexibility index (Phi) is 4.03. The van der Waals surface area contributed by atoms with E-state index in [4.69, 9.17) is 4.74 Å². The fraction of sp³-hybridized carbons (Fsp3) is 0.636. The van der Waals surface area contributed by atoms with E-state index in [1.54, 1.807) is 7.11 Å². The molecule has 0 saturated carbocycles. The van der Waals surface area contributed by atoms with Crippen LogP contribution in [0.2, 0.25) is 0 Å². The lowest BCUT2D eigenvalue weighted by Gasteiger charge is -2.14. The summed E-state index contributed by atoms with van der Waals surface area (Å²) in [5.74, 6) is 1.63. The van der Waals surface area contributed by atoms with Gasteiger partial charge in [-0.3, -0.25) is 0 Å². The van der Waals surface area contributed by atoms with Gasteiger partial charge in [0.2, 0.25) is 0 Å². The van der Waals surface area contributed by atoms with Crippen LogP contribution < -0.4 is 5.32 Å². The Labute approximate surface area is 91.1 Å². The molecule has 0 fully saturated rings. The highest BCUT2D eigenvalue weighted by atomic mass is 16.5. The zero-order valence-electron chi connectivity index (χ0n) is 10.1. The summed E-state index contributed by atoms with van der Waals surface area (Å²) in [5.41, 5.74) is 2.19. The number of nitrogens with zero attached hydrogens (tertiary/aromatic N) is 2. The summed E-state index contributed by atoms with van der Waals surface area (Å²) >= 11 is 0. The normalized spacial score (nSPS) is 12.6. The van der Waals surface area contributed by atoms with Crippen LogP contribution in [0, 0.1) is 6.92 Å². The first-order valence-electron chi connectivity index (χ1n) is 5.22. The third-order valence-corrected chi connectivity index (χ3v) is 2.55. The van der Waals surface area contributed by atoms with Gasteiger partial charge in [-0.05, 0) is 20.3 Å². The zero-order chi connectivity index (χ0) is 11.4. The minimum absolute atomic E-state index is 0.0667. The number of hydrogen-bond acceptors (Lipinski definition) is 4. The topological polar surface area (TPSA) is 47.0 Å². The second kappa shape index (κ2) is 5.07. The number of ether oxygens (including phenoxy) is 1. The van der Waals surface area contributed by atoms with Crippen molar-refractivity contribution < 1.29 is 4.74 Å². The lowest BCUT2D eigenvalue weighted by molar-refractivity contribution is 0.112. The van der Waals surface area contributed by atoms with Crippen LogP contribution in [0.4, 0.5) is 5.82 Å². The molecule has 0 amide bonds. The molecule has 1 aromatic heterocycles. The molecule has 1 unspecified atom stereocenters. The van der Waals surface area contributed by atoms with Crippen molar-refractivity contribution in [2.45, 2.75) is 33.3 Å². The van der Waals surface area contributed by atoms with Crippen LogP contribution in [-0.2, 0) is 11.2 Å². The molecule has 84 valence electrons. The van der Waals surface area contributed by atoms with Gasteiger partial charge in [-0.15, -0.1) is 0 Å². The van der Waals surface area contributed by atoms with Crippen molar-refractivity contribution in [1.82, 2.24) is 9.97 Å². The third kappa shape index (κ3) is 2.45. The molecular weight excluding hydrogens is 190 g/mol. The summed E-state index contributed by atoms with van der Waals surface area (Å²) in [4.78, 5) is 8.92. The summed E-state index contributed by atoms with van der Waals surface area (Å²) in [6.45, 7) is 6.07. The standard InChI is InChI=1S/C11H19N3O/c1-6-9-7(2)10(12-4)14-11(13-9)8(3)15-5/h8H,6H2,1-5H3,(H,12,13,14). The van der Waals surface area contributed by atoms with Crippen molar-refractivity contribution in [3.63, 3.8) is 0 Å². The Morgan fingerprint density at radius 2 is 2.07 bits per heavy atom. The van der Waals surface area contributed by atoms with E-state index in [0.717, 1.165) is 29.3 Å². The lowest BCUT2D eigenvalue weighted by Crippen LogP contribution is -2.10. The highest BCUT2D eigenvalue weighted by molar-refractivity contribution is 5.45. The predicted octanol–water partition coefficient (Wildman–Crippen LogP) is 2.10. The SMILES string of the molecule is CCc1nc(C(C)OC)nc(NC)c1C. The summed E-state index contributed by atoms with van der Waals surface area (Å²) in [6.07, 6.45) is 0.843. The summed E-state index contributed by atoms with van der Waals surface area (Å²) in [7, 11) is 3.54. The first kappa shape index (κ1) is 11.9. The van der Waals surface area contributed by atoms with Crippen molar-refractivity contribution >= 4 is 5.82 Å². The van der Waals surface area contributed by atoms with E-state index in [9.17, 15) is 0 Å². The number of rotatable bonds is 4. The van der Waals surface area contributed by atoms with E-state index < -0.39 is 0 Å². The molecule has 0 radical (unpaired) electrons. The largest absolute Gasteiger partial charge is 0.374 e. The summed E-state index contributed by atoms with van der Waals surface area (Å²) in [6, 6.07) is 0. The van der Waals surface area contributed by atoms with Crippen molar-refractivity contribution in [2.24, 2.45) is 0 Å². The fourth-order valence-electron chi connectivity index (χ4n) is 1.46. The van der Waals surface area contributed by atoms with Gasteiger partial charge in [-0.1, -0.05) is 6.92 Å². The second-order valence-electron chi connectivity index (χ2n) is 3.48. The number of aromatic nitrogens is 2. The molecular formula is C11H19N3O. The minimum atomic E-state index is -0.0667. The minimum Gasteiger partial charge on any atom is -0.374 e. The quantitative estimate of drug-likeness (QED) is 0.825. The molecule has 0 spiro atoms. The molecule has 0 aliphatic carbocycles. The average molecular weight is 209 g/mol. The first-order valence-corrected chi connectivity index (χ1v) is 5.22. The number of aryl methyl sites for hydroxylation is 1. The maximum Gasteiger partial charge on any atom is 0.159 e. The predicted molar refractivity (Wildman–Crippen MR) is 61.1 cm³/mol. The summed E-state index contributed by atoms with van der Waals surface area (Å²) in [5, 5.41) is 3.08. The highest BCUT2D eigenvalue weighted by Crippen LogP contribution is 2.19. The van der Waals surface area contributed by atoms with E-state index in [0.29, 0.717) is 0 Å². The van der Waals surface area contributed by atoms with Gasteiger partial charge < -0.3 is 10.1 Å². The van der Waals surface area contributed by atoms with Crippen LogP contribution in [0.5, 0.6) is 0 Å². The van der Waals surface area contributed by atoms with Gasteiger partial charge in [0.1, 0.15) is 11.9 Å². The maximum absolute atomic E-state index is 5.22. The van der Waals surface area contributed by atoms with Crippen LogP contribution in [0.25, 0.3) is 0 Å². The molecule has 1 heterocycles. The lowest BCUT2D eigenvalue weighted by atomic mass is 10.2. The summed E-state index contributed by atoms with van der Waals surface area (Å²) < 4.78 is 5.22. The molecule has 4 nitrogen and oxygen atoms in total. The number of anilines is 1. The monoisotopic (exact) mass is 209 g/mol. The van der Waals surface area contributed by atoms with Gasteiger partial charge in [-0.2, -0.15) is 0 Å².